The van der Waals surface area contributed by atoms with Crippen molar-refractivity contribution in [2.24, 2.45) is 0 Å². The number of hydrogen-bond donors (Lipinski definition) is 1. The Labute approximate surface area is 138 Å². The zero-order valence-corrected chi connectivity index (χ0v) is 12.4. The van der Waals surface area contributed by atoms with Crippen molar-refractivity contribution in [2.75, 3.05) is 5.32 Å². The highest BCUT2D eigenvalue weighted by molar-refractivity contribution is 6.04. The molecule has 0 radical (unpaired) electrons. The molecule has 0 aliphatic carbocycles. The molecule has 0 bridgehead atoms. The summed E-state index contributed by atoms with van der Waals surface area (Å²) in [7, 11) is 0. The van der Waals surface area contributed by atoms with Crippen molar-refractivity contribution in [1.82, 2.24) is 0 Å². The van der Waals surface area contributed by atoms with E-state index >= 15 is 0 Å². The number of ketones is 1. The van der Waals surface area contributed by atoms with E-state index < -0.39 is 35.0 Å². The van der Waals surface area contributed by atoms with Crippen LogP contribution in [0.25, 0.3) is 0 Å². The molecule has 2 aromatic carbocycles. The molecule has 0 saturated heterocycles. The molecule has 0 amide bonds. The van der Waals surface area contributed by atoms with Crippen molar-refractivity contribution in [3.8, 4) is 0 Å². The Hall–Kier alpha value is -2.77. The second-order valence-electron chi connectivity index (χ2n) is 5.00. The van der Waals surface area contributed by atoms with Gasteiger partial charge in [0.15, 0.2) is 5.78 Å². The molecule has 0 aliphatic heterocycles. The molecule has 0 fully saturated rings. The highest BCUT2D eigenvalue weighted by atomic mass is 19.4. The molecule has 0 heterocycles. The summed E-state index contributed by atoms with van der Waals surface area (Å²) in [4.78, 5) is 11.8. The second kappa shape index (κ2) is 7.00. The average Bonchev–Trinajstić information content (AvgIpc) is 2.53. The summed E-state index contributed by atoms with van der Waals surface area (Å²) >= 11 is 0. The topological polar surface area (TPSA) is 29.1 Å². The molecule has 2 nitrogen and oxygen atoms in total. The standard InChI is InChI=1S/C17H11F6NO/c18-16(19,20)12-8-13(17(21,22)23)10-14(9-12)24-7-6-15(25)11-4-2-1-3-5-11/h1-10,24H/b7-6+. The number of hydrogen-bond acceptors (Lipinski definition) is 2. The van der Waals surface area contributed by atoms with E-state index in [0.717, 1.165) is 12.3 Å². The molecular formula is C17H11F6NO. The van der Waals surface area contributed by atoms with Gasteiger partial charge in [0.1, 0.15) is 0 Å². The molecular weight excluding hydrogens is 348 g/mol. The normalized spacial score (nSPS) is 12.4. The van der Waals surface area contributed by atoms with Crippen LogP contribution in [-0.2, 0) is 12.4 Å². The highest BCUT2D eigenvalue weighted by Crippen LogP contribution is 2.37. The van der Waals surface area contributed by atoms with Gasteiger partial charge >= 0.3 is 12.4 Å². The van der Waals surface area contributed by atoms with Gasteiger partial charge in [-0.05, 0) is 18.2 Å². The zero-order valence-electron chi connectivity index (χ0n) is 12.4. The molecule has 0 unspecified atom stereocenters. The molecule has 132 valence electrons. The number of anilines is 1. The van der Waals surface area contributed by atoms with Crippen LogP contribution in [0, 0.1) is 0 Å². The van der Waals surface area contributed by atoms with E-state index in [4.69, 9.17) is 0 Å². The molecule has 0 atom stereocenters. The molecule has 0 saturated carbocycles. The van der Waals surface area contributed by atoms with Gasteiger partial charge in [-0.25, -0.2) is 0 Å². The van der Waals surface area contributed by atoms with Crippen molar-refractivity contribution < 1.29 is 31.1 Å². The number of rotatable bonds is 4. The first-order valence-corrected chi connectivity index (χ1v) is 6.89. The van der Waals surface area contributed by atoms with Crippen LogP contribution in [0.1, 0.15) is 21.5 Å². The zero-order chi connectivity index (χ0) is 18.7. The Morgan fingerprint density at radius 1 is 0.840 bits per heavy atom. The fourth-order valence-electron chi connectivity index (χ4n) is 1.95. The summed E-state index contributed by atoms with van der Waals surface area (Å²) in [6.07, 6.45) is -7.85. The number of benzene rings is 2. The van der Waals surface area contributed by atoms with Gasteiger partial charge in [-0.1, -0.05) is 30.3 Å². The lowest BCUT2D eigenvalue weighted by atomic mass is 10.1. The number of allylic oxidation sites excluding steroid dienone is 1. The molecule has 0 aliphatic rings. The minimum Gasteiger partial charge on any atom is -0.362 e. The third-order valence-electron chi connectivity index (χ3n) is 3.13. The van der Waals surface area contributed by atoms with Crippen molar-refractivity contribution in [1.29, 1.82) is 0 Å². The van der Waals surface area contributed by atoms with Crippen molar-refractivity contribution in [3.05, 3.63) is 77.5 Å². The second-order valence-corrected chi connectivity index (χ2v) is 5.00. The van der Waals surface area contributed by atoms with E-state index in [0.29, 0.717) is 17.7 Å². The maximum atomic E-state index is 12.7. The molecule has 0 aromatic heterocycles. The van der Waals surface area contributed by atoms with Gasteiger partial charge in [0, 0.05) is 23.5 Å². The first kappa shape index (κ1) is 18.6. The highest BCUT2D eigenvalue weighted by Gasteiger charge is 2.36. The van der Waals surface area contributed by atoms with Crippen LogP contribution < -0.4 is 5.32 Å². The predicted octanol–water partition coefficient (Wildman–Crippen LogP) is 5.53. The van der Waals surface area contributed by atoms with E-state index in [1.807, 2.05) is 0 Å². The third-order valence-corrected chi connectivity index (χ3v) is 3.13. The first-order valence-electron chi connectivity index (χ1n) is 6.89. The Bertz CT molecular complexity index is 746. The van der Waals surface area contributed by atoms with Gasteiger partial charge in [-0.15, -0.1) is 0 Å². The fraction of sp³-hybridized carbons (Fsp3) is 0.118. The van der Waals surface area contributed by atoms with Crippen LogP contribution in [0.5, 0.6) is 0 Å². The van der Waals surface area contributed by atoms with Crippen LogP contribution >= 0.6 is 0 Å². The van der Waals surface area contributed by atoms with Crippen LogP contribution in [-0.4, -0.2) is 5.78 Å². The van der Waals surface area contributed by atoms with Gasteiger partial charge < -0.3 is 5.32 Å². The van der Waals surface area contributed by atoms with Gasteiger partial charge in [0.05, 0.1) is 11.1 Å². The lowest BCUT2D eigenvalue weighted by Gasteiger charge is -2.14. The van der Waals surface area contributed by atoms with Crippen LogP contribution in [0.3, 0.4) is 0 Å². The minimum absolute atomic E-state index is 0.0318. The van der Waals surface area contributed by atoms with E-state index in [-0.39, 0.29) is 6.07 Å². The third kappa shape index (κ3) is 5.10. The quantitative estimate of drug-likeness (QED) is 0.442. The number of carbonyl (C=O) groups is 1. The van der Waals surface area contributed by atoms with Crippen LogP contribution in [0.4, 0.5) is 32.0 Å². The van der Waals surface area contributed by atoms with E-state index in [1.165, 1.54) is 12.1 Å². The summed E-state index contributed by atoms with van der Waals surface area (Å²) in [5, 5.41) is 2.27. The number of halogens is 6. The molecule has 2 aromatic rings. The fourth-order valence-corrected chi connectivity index (χ4v) is 1.95. The maximum Gasteiger partial charge on any atom is 0.416 e. The largest absolute Gasteiger partial charge is 0.416 e. The predicted molar refractivity (Wildman–Crippen MR) is 80.0 cm³/mol. The summed E-state index contributed by atoms with van der Waals surface area (Å²) in [5.74, 6) is -0.448. The number of alkyl halides is 6. The van der Waals surface area contributed by atoms with Crippen molar-refractivity contribution >= 4 is 11.5 Å². The molecule has 8 heteroatoms. The lowest BCUT2D eigenvalue weighted by molar-refractivity contribution is -0.143. The molecule has 1 N–H and O–H groups in total. The summed E-state index contributed by atoms with van der Waals surface area (Å²) in [5.41, 5.74) is -2.97. The van der Waals surface area contributed by atoms with Crippen molar-refractivity contribution in [3.63, 3.8) is 0 Å². The lowest BCUT2D eigenvalue weighted by Crippen LogP contribution is -2.11. The van der Waals surface area contributed by atoms with Crippen LogP contribution in [0.2, 0.25) is 0 Å². The van der Waals surface area contributed by atoms with E-state index in [1.54, 1.807) is 18.2 Å². The summed E-state index contributed by atoms with van der Waals surface area (Å²) < 4.78 is 76.4. The van der Waals surface area contributed by atoms with E-state index in [9.17, 15) is 31.1 Å². The van der Waals surface area contributed by atoms with Gasteiger partial charge in [0.25, 0.3) is 0 Å². The minimum atomic E-state index is -4.93. The summed E-state index contributed by atoms with van der Waals surface area (Å²) in [6.45, 7) is 0. The van der Waals surface area contributed by atoms with E-state index in [2.05, 4.69) is 5.32 Å². The Balaban J connectivity index is 2.24. The molecule has 0 spiro atoms. The smallest absolute Gasteiger partial charge is 0.362 e. The average molecular weight is 359 g/mol. The van der Waals surface area contributed by atoms with Crippen LogP contribution in [0.15, 0.2) is 60.8 Å². The number of nitrogens with one attached hydrogen (secondary N) is 1. The van der Waals surface area contributed by atoms with Gasteiger partial charge in [-0.2, -0.15) is 26.3 Å². The summed E-state index contributed by atoms with van der Waals surface area (Å²) in [6, 6.07) is 9.09. The van der Waals surface area contributed by atoms with Gasteiger partial charge in [0.2, 0.25) is 0 Å². The monoisotopic (exact) mass is 359 g/mol. The maximum absolute atomic E-state index is 12.7. The Morgan fingerprint density at radius 2 is 1.36 bits per heavy atom. The first-order chi connectivity index (χ1) is 11.6. The van der Waals surface area contributed by atoms with Gasteiger partial charge in [-0.3, -0.25) is 4.79 Å². The van der Waals surface area contributed by atoms with Crippen molar-refractivity contribution in [2.45, 2.75) is 12.4 Å². The molecule has 25 heavy (non-hydrogen) atoms. The number of carbonyl (C=O) groups excluding carboxylic acids is 1. The Kier molecular flexibility index (Phi) is 5.20. The Morgan fingerprint density at radius 3 is 1.84 bits per heavy atom. The SMILES string of the molecule is O=C(/C=C/Nc1cc(C(F)(F)F)cc(C(F)(F)F)c1)c1ccccc1. The molecule has 2 rings (SSSR count).